The molecule has 0 radical (unpaired) electrons. The Bertz CT molecular complexity index is 1030. The number of aryl methyl sites for hydroxylation is 1. The number of fused-ring (bicyclic) bond motifs is 1. The monoisotopic (exact) mass is 508 g/mol. The lowest BCUT2D eigenvalue weighted by atomic mass is 9.92. The summed E-state index contributed by atoms with van der Waals surface area (Å²) >= 11 is 0. The van der Waals surface area contributed by atoms with Gasteiger partial charge in [0.1, 0.15) is 18.4 Å². The van der Waals surface area contributed by atoms with E-state index in [2.05, 4.69) is 16.0 Å². The predicted molar refractivity (Wildman–Crippen MR) is 144 cm³/mol. The molecule has 8 nitrogen and oxygen atoms in total. The van der Waals surface area contributed by atoms with Gasteiger partial charge < -0.3 is 25.6 Å². The second kappa shape index (κ2) is 14.4. The van der Waals surface area contributed by atoms with E-state index in [1.807, 2.05) is 68.4 Å². The van der Waals surface area contributed by atoms with Crippen molar-refractivity contribution in [3.8, 4) is 5.75 Å². The molecule has 3 rings (SSSR count). The highest BCUT2D eigenvalue weighted by Crippen LogP contribution is 2.21. The first-order chi connectivity index (χ1) is 17.9. The summed E-state index contributed by atoms with van der Waals surface area (Å²) in [5.41, 5.74) is 2.02. The number of likely N-dealkylation sites (N-methyl/N-ethyl adjacent to an activating group) is 1. The highest BCUT2D eigenvalue weighted by atomic mass is 16.5. The van der Waals surface area contributed by atoms with Crippen LogP contribution in [0.15, 0.2) is 54.6 Å². The first-order valence-corrected chi connectivity index (χ1v) is 13.2. The molecule has 0 aliphatic carbocycles. The molecular weight excluding hydrogens is 468 g/mol. The second-order valence-electron chi connectivity index (χ2n) is 9.58. The molecule has 1 unspecified atom stereocenters. The fraction of sp³-hybridized carbons (Fsp3) is 0.483. The van der Waals surface area contributed by atoms with Gasteiger partial charge in [-0.3, -0.25) is 14.4 Å². The minimum absolute atomic E-state index is 0.129. The molecule has 1 aliphatic rings. The Morgan fingerprint density at radius 2 is 1.76 bits per heavy atom. The summed E-state index contributed by atoms with van der Waals surface area (Å²) < 4.78 is 6.02. The van der Waals surface area contributed by atoms with Crippen molar-refractivity contribution in [1.82, 2.24) is 20.9 Å². The fourth-order valence-electron chi connectivity index (χ4n) is 4.59. The molecule has 2 aromatic rings. The number of nitrogens with one attached hydrogen (secondary N) is 3. The van der Waals surface area contributed by atoms with Crippen LogP contribution in [0.5, 0.6) is 5.75 Å². The zero-order chi connectivity index (χ0) is 26.6. The van der Waals surface area contributed by atoms with Crippen LogP contribution in [-0.4, -0.2) is 68.0 Å². The topological polar surface area (TPSA) is 99.8 Å². The number of nitrogens with zero attached hydrogens (tertiary/aromatic N) is 1. The summed E-state index contributed by atoms with van der Waals surface area (Å²) in [6, 6.07) is 16.4. The third-order valence-corrected chi connectivity index (χ3v) is 6.70. The van der Waals surface area contributed by atoms with Crippen LogP contribution in [0.25, 0.3) is 0 Å². The maximum atomic E-state index is 13.3. The van der Waals surface area contributed by atoms with Gasteiger partial charge in [-0.25, -0.2) is 0 Å². The van der Waals surface area contributed by atoms with Gasteiger partial charge in [-0.05, 0) is 36.5 Å². The van der Waals surface area contributed by atoms with Crippen molar-refractivity contribution in [2.24, 2.45) is 0 Å². The molecule has 3 N–H and O–H groups in total. The van der Waals surface area contributed by atoms with Gasteiger partial charge >= 0.3 is 0 Å². The largest absolute Gasteiger partial charge is 0.492 e. The molecule has 0 bridgehead atoms. The molecule has 200 valence electrons. The number of hydrogen-bond acceptors (Lipinski definition) is 5. The van der Waals surface area contributed by atoms with Crippen LogP contribution in [0, 0.1) is 0 Å². The third kappa shape index (κ3) is 8.32. The van der Waals surface area contributed by atoms with E-state index in [1.165, 1.54) is 4.90 Å². The molecule has 8 heteroatoms. The van der Waals surface area contributed by atoms with E-state index < -0.39 is 12.1 Å². The number of amides is 3. The first-order valence-electron chi connectivity index (χ1n) is 13.2. The van der Waals surface area contributed by atoms with Crippen LogP contribution < -0.4 is 20.7 Å². The lowest BCUT2D eigenvalue weighted by Gasteiger charge is -2.28. The molecular formula is C29H40N4O4. The Morgan fingerprint density at radius 3 is 2.51 bits per heavy atom. The number of carbonyl (C=O) groups is 3. The van der Waals surface area contributed by atoms with Crippen molar-refractivity contribution in [2.75, 3.05) is 33.3 Å². The van der Waals surface area contributed by atoms with Crippen LogP contribution >= 0.6 is 0 Å². The molecule has 0 aromatic heterocycles. The minimum Gasteiger partial charge on any atom is -0.492 e. The lowest BCUT2D eigenvalue weighted by molar-refractivity contribution is -0.137. The summed E-state index contributed by atoms with van der Waals surface area (Å²) in [5, 5.41) is 9.19. The summed E-state index contributed by atoms with van der Waals surface area (Å²) in [4.78, 5) is 40.8. The van der Waals surface area contributed by atoms with E-state index in [0.717, 1.165) is 36.1 Å². The van der Waals surface area contributed by atoms with Gasteiger partial charge in [-0.2, -0.15) is 0 Å². The van der Waals surface area contributed by atoms with E-state index in [1.54, 1.807) is 7.05 Å². The van der Waals surface area contributed by atoms with E-state index in [0.29, 0.717) is 26.1 Å². The van der Waals surface area contributed by atoms with E-state index in [9.17, 15) is 14.4 Å². The van der Waals surface area contributed by atoms with Crippen LogP contribution in [0.2, 0.25) is 0 Å². The van der Waals surface area contributed by atoms with Crippen molar-refractivity contribution in [2.45, 2.75) is 57.5 Å². The summed E-state index contributed by atoms with van der Waals surface area (Å²) in [5.74, 6) is -0.201. The lowest BCUT2D eigenvalue weighted by Crippen LogP contribution is -2.53. The molecule has 0 spiro atoms. The van der Waals surface area contributed by atoms with Gasteiger partial charge in [0.2, 0.25) is 17.7 Å². The van der Waals surface area contributed by atoms with Gasteiger partial charge in [0.25, 0.3) is 0 Å². The summed E-state index contributed by atoms with van der Waals surface area (Å²) in [6.45, 7) is 5.22. The molecule has 0 saturated heterocycles. The number of carbonyl (C=O) groups excluding carboxylic acids is 3. The number of para-hydroxylation sites is 1. The second-order valence-corrected chi connectivity index (χ2v) is 9.58. The van der Waals surface area contributed by atoms with Gasteiger partial charge in [0.15, 0.2) is 0 Å². The van der Waals surface area contributed by atoms with Gasteiger partial charge in [0, 0.05) is 26.1 Å². The molecule has 1 heterocycles. The first kappa shape index (κ1) is 28.2. The van der Waals surface area contributed by atoms with Crippen molar-refractivity contribution in [1.29, 1.82) is 0 Å². The number of hydrogen-bond donors (Lipinski definition) is 3. The maximum absolute atomic E-state index is 13.3. The van der Waals surface area contributed by atoms with Crippen molar-refractivity contribution >= 4 is 17.7 Å². The highest BCUT2D eigenvalue weighted by molar-refractivity contribution is 5.91. The summed E-state index contributed by atoms with van der Waals surface area (Å²) in [7, 11) is 1.62. The zero-order valence-electron chi connectivity index (χ0n) is 22.2. The average Bonchev–Trinajstić information content (AvgIpc) is 2.91. The van der Waals surface area contributed by atoms with Crippen LogP contribution in [0.1, 0.15) is 50.2 Å². The summed E-state index contributed by atoms with van der Waals surface area (Å²) in [6.07, 6.45) is 2.96. The van der Waals surface area contributed by atoms with Gasteiger partial charge in [-0.1, -0.05) is 68.8 Å². The standard InChI is InChI=1S/C29H40N4O4/c1-4-11-24-29(36)33(3)20-26(34)32-27(21(2)22-12-6-5-7-13-22)28(35)31-17-10-15-23-14-8-9-16-25(23)37-19-18-30-24/h5-9,12-14,16,21,24,27,30H,4,10-11,15,17-20H2,1-3H3,(H,31,35)(H,32,34)/t21?,24-,27-/m0/s1. The Balaban J connectivity index is 1.82. The maximum Gasteiger partial charge on any atom is 0.243 e. The Kier molecular flexibility index (Phi) is 11.0. The third-order valence-electron chi connectivity index (χ3n) is 6.70. The number of ether oxygens (including phenoxy) is 1. The SMILES string of the molecule is CCC[C@@H]1NCCOc2ccccc2CCCNC(=O)[C@H](C(C)c2ccccc2)NC(=O)CN(C)C1=O. The minimum atomic E-state index is -0.766. The Labute approximate surface area is 220 Å². The van der Waals surface area contributed by atoms with E-state index in [-0.39, 0.29) is 30.2 Å². The molecule has 0 saturated carbocycles. The number of rotatable bonds is 4. The highest BCUT2D eigenvalue weighted by Gasteiger charge is 2.29. The normalized spacial score (nSPS) is 21.5. The molecule has 2 aromatic carbocycles. The van der Waals surface area contributed by atoms with E-state index >= 15 is 0 Å². The molecule has 1 aliphatic heterocycles. The van der Waals surface area contributed by atoms with Gasteiger partial charge in [0.05, 0.1) is 12.6 Å². The Morgan fingerprint density at radius 1 is 1.03 bits per heavy atom. The Hall–Kier alpha value is -3.39. The van der Waals surface area contributed by atoms with Crippen LogP contribution in [0.4, 0.5) is 0 Å². The molecule has 0 fully saturated rings. The van der Waals surface area contributed by atoms with Crippen LogP contribution in [0.3, 0.4) is 0 Å². The predicted octanol–water partition coefficient (Wildman–Crippen LogP) is 2.63. The van der Waals surface area contributed by atoms with Crippen LogP contribution in [-0.2, 0) is 20.8 Å². The fourth-order valence-corrected chi connectivity index (χ4v) is 4.59. The molecule has 3 amide bonds. The quantitative estimate of drug-likeness (QED) is 0.590. The van der Waals surface area contributed by atoms with Crippen molar-refractivity contribution < 1.29 is 19.1 Å². The number of benzene rings is 2. The molecule has 37 heavy (non-hydrogen) atoms. The smallest absolute Gasteiger partial charge is 0.243 e. The van der Waals surface area contributed by atoms with Crippen molar-refractivity contribution in [3.05, 3.63) is 65.7 Å². The average molecular weight is 509 g/mol. The van der Waals surface area contributed by atoms with Crippen molar-refractivity contribution in [3.63, 3.8) is 0 Å². The molecule has 3 atom stereocenters. The zero-order valence-corrected chi connectivity index (χ0v) is 22.2. The van der Waals surface area contributed by atoms with Gasteiger partial charge in [-0.15, -0.1) is 0 Å². The van der Waals surface area contributed by atoms with E-state index in [4.69, 9.17) is 4.74 Å².